The fourth-order valence-corrected chi connectivity index (χ4v) is 2.22. The van der Waals surface area contributed by atoms with Crippen LogP contribution in [0.15, 0.2) is 30.3 Å². The summed E-state index contributed by atoms with van der Waals surface area (Å²) in [6.07, 6.45) is 7.59. The molecule has 142 valence electrons. The Balaban J connectivity index is 0.00000178. The monoisotopic (exact) mass is 368 g/mol. The van der Waals surface area contributed by atoms with E-state index in [1.807, 2.05) is 42.8 Å². The molecule has 2 unspecified atom stereocenters. The number of amides is 1. The minimum Gasteiger partial charge on any atom is -0.345 e. The van der Waals surface area contributed by atoms with Crippen LogP contribution in [0.4, 0.5) is 0 Å². The number of benzene rings is 1. The zero-order valence-electron chi connectivity index (χ0n) is 15.5. The van der Waals surface area contributed by atoms with E-state index in [2.05, 4.69) is 5.32 Å². The van der Waals surface area contributed by atoms with E-state index < -0.39 is 12.1 Å². The Kier molecular flexibility index (Phi) is 14.1. The average molecular weight is 369 g/mol. The van der Waals surface area contributed by atoms with Gasteiger partial charge in [-0.3, -0.25) is 10.6 Å². The summed E-state index contributed by atoms with van der Waals surface area (Å²) in [6, 6.07) is 8.65. The number of carbonyl (C=O) groups excluding carboxylic acids is 2. The molecule has 0 aromatic heterocycles. The summed E-state index contributed by atoms with van der Waals surface area (Å²) in [5.41, 5.74) is 6.45. The fraction of sp³-hybridized carbons (Fsp3) is 0.556. The molecule has 0 aliphatic rings. The maximum atomic E-state index is 12.4. The van der Waals surface area contributed by atoms with Crippen molar-refractivity contribution in [2.75, 3.05) is 26.1 Å². The second kappa shape index (κ2) is 14.9. The smallest absolute Gasteiger partial charge is 0.239 e. The van der Waals surface area contributed by atoms with Crippen LogP contribution >= 0.6 is 11.8 Å². The topological polar surface area (TPSA) is 101 Å². The molecule has 1 aromatic carbocycles. The van der Waals surface area contributed by atoms with Crippen molar-refractivity contribution in [2.24, 2.45) is 11.6 Å². The van der Waals surface area contributed by atoms with Crippen LogP contribution in [0.3, 0.4) is 0 Å². The van der Waals surface area contributed by atoms with Crippen LogP contribution in [0.2, 0.25) is 0 Å². The van der Waals surface area contributed by atoms with Gasteiger partial charge in [0.15, 0.2) is 0 Å². The lowest BCUT2D eigenvalue weighted by molar-refractivity contribution is -0.128. The van der Waals surface area contributed by atoms with E-state index in [0.29, 0.717) is 19.4 Å². The number of carbonyl (C=O) groups is 2. The quantitative estimate of drug-likeness (QED) is 0.248. The number of nitrogens with one attached hydrogen (secondary N) is 1. The molecular formula is C18H32N4O2S. The molecule has 1 amide bonds. The van der Waals surface area contributed by atoms with Crippen LogP contribution in [0.25, 0.3) is 0 Å². The first kappa shape index (κ1) is 23.6. The fourth-order valence-electron chi connectivity index (χ4n) is 2.22. The molecule has 6 nitrogen and oxygen atoms in total. The number of unbranched alkanes of at least 4 members (excludes halogenated alkanes) is 1. The molecular weight excluding hydrogens is 336 g/mol. The van der Waals surface area contributed by atoms with Crippen LogP contribution in [0.1, 0.15) is 24.8 Å². The summed E-state index contributed by atoms with van der Waals surface area (Å²) in [5.74, 6) is 5.55. The van der Waals surface area contributed by atoms with Crippen molar-refractivity contribution in [1.82, 2.24) is 10.3 Å². The molecule has 0 saturated heterocycles. The first-order chi connectivity index (χ1) is 12.0. The summed E-state index contributed by atoms with van der Waals surface area (Å²) in [7, 11) is 1.65. The molecule has 1 rings (SSSR count). The molecule has 2 atom stereocenters. The van der Waals surface area contributed by atoms with E-state index in [1.165, 1.54) is 5.01 Å². The summed E-state index contributed by atoms with van der Waals surface area (Å²) >= 11 is 1.75. The second-order valence-electron chi connectivity index (χ2n) is 5.81. The first-order valence-corrected chi connectivity index (χ1v) is 10.0. The van der Waals surface area contributed by atoms with E-state index in [9.17, 15) is 9.59 Å². The van der Waals surface area contributed by atoms with Gasteiger partial charge in [-0.2, -0.15) is 11.8 Å². The molecule has 0 aliphatic carbocycles. The van der Waals surface area contributed by atoms with Crippen molar-refractivity contribution < 1.29 is 9.59 Å². The Labute approximate surface area is 155 Å². The van der Waals surface area contributed by atoms with Gasteiger partial charge >= 0.3 is 0 Å². The molecule has 0 aliphatic heterocycles. The average Bonchev–Trinajstić information content (AvgIpc) is 2.60. The van der Waals surface area contributed by atoms with Gasteiger partial charge in [0.2, 0.25) is 5.91 Å². The third-order valence-corrected chi connectivity index (χ3v) is 3.53. The van der Waals surface area contributed by atoms with Crippen molar-refractivity contribution in [2.45, 2.75) is 37.8 Å². The predicted octanol–water partition coefficient (Wildman–Crippen LogP) is 1.20. The number of hydrogen-bond acceptors (Lipinski definition) is 6. The van der Waals surface area contributed by atoms with Gasteiger partial charge in [-0.05, 0) is 50.3 Å². The van der Waals surface area contributed by atoms with Crippen molar-refractivity contribution in [3.63, 3.8) is 0 Å². The summed E-state index contributed by atoms with van der Waals surface area (Å²) < 4.78 is 0. The Morgan fingerprint density at radius 1 is 1.28 bits per heavy atom. The minimum absolute atomic E-state index is 0.237. The lowest BCUT2D eigenvalue weighted by Crippen LogP contribution is -2.52. The van der Waals surface area contributed by atoms with Crippen molar-refractivity contribution in [3.05, 3.63) is 35.9 Å². The van der Waals surface area contributed by atoms with Gasteiger partial charge in [-0.25, -0.2) is 5.01 Å². The lowest BCUT2D eigenvalue weighted by Gasteiger charge is -2.24. The Morgan fingerprint density at radius 2 is 1.88 bits per heavy atom. The number of nitrogens with zero attached hydrogens (tertiary/aromatic N) is 1. The number of aldehydes is 1. The highest BCUT2D eigenvalue weighted by atomic mass is 32.2. The SMILES string of the molecule is CN(N)C(Cc1ccccc1)C(=O)NC(C=O)CCCCN.CSC. The maximum Gasteiger partial charge on any atom is 0.239 e. The Bertz CT molecular complexity index is 471. The normalized spacial score (nSPS) is 12.7. The van der Waals surface area contributed by atoms with Crippen molar-refractivity contribution >= 4 is 24.0 Å². The molecule has 0 heterocycles. The Morgan fingerprint density at radius 3 is 2.36 bits per heavy atom. The molecule has 0 spiro atoms. The van der Waals surface area contributed by atoms with Crippen LogP contribution in [0.5, 0.6) is 0 Å². The highest BCUT2D eigenvalue weighted by Crippen LogP contribution is 2.07. The number of hydrogen-bond donors (Lipinski definition) is 3. The highest BCUT2D eigenvalue weighted by Gasteiger charge is 2.23. The van der Waals surface area contributed by atoms with E-state index >= 15 is 0 Å². The minimum atomic E-state index is -0.514. The molecule has 0 fully saturated rings. The number of hydrazine groups is 1. The molecule has 1 aromatic rings. The van der Waals surface area contributed by atoms with E-state index in [-0.39, 0.29) is 5.91 Å². The van der Waals surface area contributed by atoms with Crippen LogP contribution in [0, 0.1) is 0 Å². The lowest BCUT2D eigenvalue weighted by atomic mass is 10.0. The molecule has 0 radical (unpaired) electrons. The van der Waals surface area contributed by atoms with Crippen LogP contribution in [-0.4, -0.2) is 55.4 Å². The van der Waals surface area contributed by atoms with Crippen molar-refractivity contribution in [3.8, 4) is 0 Å². The molecule has 0 saturated carbocycles. The second-order valence-corrected chi connectivity index (χ2v) is 6.63. The van der Waals surface area contributed by atoms with Gasteiger partial charge in [0, 0.05) is 7.05 Å². The molecule has 25 heavy (non-hydrogen) atoms. The zero-order chi connectivity index (χ0) is 19.1. The van der Waals surface area contributed by atoms with Crippen LogP contribution < -0.4 is 16.9 Å². The molecule has 0 bridgehead atoms. The van der Waals surface area contributed by atoms with Gasteiger partial charge in [0.05, 0.1) is 6.04 Å². The largest absolute Gasteiger partial charge is 0.345 e. The van der Waals surface area contributed by atoms with Crippen LogP contribution in [-0.2, 0) is 16.0 Å². The van der Waals surface area contributed by atoms with E-state index in [0.717, 1.165) is 24.7 Å². The molecule has 5 N–H and O–H groups in total. The Hall–Kier alpha value is -1.41. The van der Waals surface area contributed by atoms with Gasteiger partial charge < -0.3 is 15.8 Å². The summed E-state index contributed by atoms with van der Waals surface area (Å²) in [4.78, 5) is 23.5. The number of nitrogens with two attached hydrogens (primary N) is 2. The zero-order valence-corrected chi connectivity index (χ0v) is 16.3. The predicted molar refractivity (Wildman–Crippen MR) is 106 cm³/mol. The third-order valence-electron chi connectivity index (χ3n) is 3.53. The summed E-state index contributed by atoms with van der Waals surface area (Å²) in [6.45, 7) is 0.585. The van der Waals surface area contributed by atoms with Gasteiger partial charge in [0.25, 0.3) is 0 Å². The molecule has 7 heteroatoms. The van der Waals surface area contributed by atoms with Crippen molar-refractivity contribution in [1.29, 1.82) is 0 Å². The highest BCUT2D eigenvalue weighted by molar-refractivity contribution is 7.97. The van der Waals surface area contributed by atoms with Gasteiger partial charge in [-0.1, -0.05) is 30.3 Å². The first-order valence-electron chi connectivity index (χ1n) is 8.37. The van der Waals surface area contributed by atoms with E-state index in [1.54, 1.807) is 18.8 Å². The number of thioether (sulfide) groups is 1. The van der Waals surface area contributed by atoms with Gasteiger partial charge in [0.1, 0.15) is 12.3 Å². The third kappa shape index (κ3) is 10.9. The van der Waals surface area contributed by atoms with E-state index in [4.69, 9.17) is 11.6 Å². The van der Waals surface area contributed by atoms with Gasteiger partial charge in [-0.15, -0.1) is 0 Å². The maximum absolute atomic E-state index is 12.4. The number of likely N-dealkylation sites (N-methyl/N-ethyl adjacent to an activating group) is 1. The standard InChI is InChI=1S/C16H26N4O2.C2H6S/c1-20(18)15(11-13-7-3-2-4-8-13)16(22)19-14(12-21)9-5-6-10-17;1-3-2/h2-4,7-8,12,14-15H,5-6,9-11,17-18H2,1H3,(H,19,22);1-2H3. The summed E-state index contributed by atoms with van der Waals surface area (Å²) in [5, 5.41) is 4.14. The number of rotatable bonds is 10.